The highest BCUT2D eigenvalue weighted by Gasteiger charge is 2.19. The van der Waals surface area contributed by atoms with Gasteiger partial charge in [0.05, 0.1) is 6.04 Å². The molecule has 0 radical (unpaired) electrons. The molecular formula is C25H32N2O5. The number of amides is 2. The van der Waals surface area contributed by atoms with Crippen molar-refractivity contribution in [3.05, 3.63) is 71.3 Å². The lowest BCUT2D eigenvalue weighted by Crippen LogP contribution is -2.30. The van der Waals surface area contributed by atoms with Crippen LogP contribution in [0.3, 0.4) is 0 Å². The second-order valence-corrected chi connectivity index (χ2v) is 7.86. The maximum atomic E-state index is 12.6. The van der Waals surface area contributed by atoms with Crippen molar-refractivity contribution in [2.24, 2.45) is 0 Å². The molecule has 0 saturated heterocycles. The number of alkyl carbamates (subject to hydrolysis) is 1. The van der Waals surface area contributed by atoms with Crippen molar-refractivity contribution in [3.8, 4) is 0 Å². The Hall–Kier alpha value is -3.19. The van der Waals surface area contributed by atoms with Gasteiger partial charge in [-0.25, -0.2) is 10.3 Å². The van der Waals surface area contributed by atoms with Crippen molar-refractivity contribution >= 4 is 17.8 Å². The van der Waals surface area contributed by atoms with Crippen LogP contribution in [-0.2, 0) is 20.9 Å². The van der Waals surface area contributed by atoms with Crippen LogP contribution in [0.5, 0.6) is 0 Å². The van der Waals surface area contributed by atoms with Gasteiger partial charge in [0.1, 0.15) is 12.4 Å². The number of Topliss-reactive ketones (excluding diaryl/α,β-unsaturated/α-hetero) is 1. The number of carbonyl (C=O) groups is 3. The molecule has 0 aliphatic carbocycles. The minimum Gasteiger partial charge on any atom is -0.445 e. The summed E-state index contributed by atoms with van der Waals surface area (Å²) in [7, 11) is 0. The van der Waals surface area contributed by atoms with E-state index in [0.717, 1.165) is 36.0 Å². The summed E-state index contributed by atoms with van der Waals surface area (Å²) in [5.74, 6) is -0.334. The van der Waals surface area contributed by atoms with Crippen LogP contribution in [-0.4, -0.2) is 23.0 Å². The molecule has 0 bridgehead atoms. The van der Waals surface area contributed by atoms with Gasteiger partial charge in [-0.1, -0.05) is 73.0 Å². The van der Waals surface area contributed by atoms with Crippen LogP contribution in [0.1, 0.15) is 67.7 Å². The Morgan fingerprint density at radius 3 is 2.22 bits per heavy atom. The summed E-state index contributed by atoms with van der Waals surface area (Å²) in [6, 6.07) is 16.7. The number of hydrogen-bond acceptors (Lipinski definition) is 5. The molecule has 0 fully saturated rings. The van der Waals surface area contributed by atoms with Gasteiger partial charge in [-0.2, -0.15) is 0 Å². The molecule has 0 heterocycles. The van der Waals surface area contributed by atoms with Gasteiger partial charge in [0, 0.05) is 19.3 Å². The van der Waals surface area contributed by atoms with Crippen molar-refractivity contribution in [1.82, 2.24) is 10.8 Å². The number of carbonyl (C=O) groups excluding carboxylic acids is 3. The Balaban J connectivity index is 1.83. The molecular weight excluding hydrogens is 408 g/mol. The lowest BCUT2D eigenvalue weighted by Gasteiger charge is -2.19. The van der Waals surface area contributed by atoms with Crippen molar-refractivity contribution < 1.29 is 24.3 Å². The fraction of sp³-hybridized carbons (Fsp3) is 0.400. The average Bonchev–Trinajstić information content (AvgIpc) is 2.80. The van der Waals surface area contributed by atoms with E-state index >= 15 is 0 Å². The lowest BCUT2D eigenvalue weighted by atomic mass is 9.98. The average molecular weight is 441 g/mol. The first-order valence-corrected chi connectivity index (χ1v) is 11.0. The fourth-order valence-corrected chi connectivity index (χ4v) is 3.30. The number of rotatable bonds is 13. The zero-order chi connectivity index (χ0) is 23.2. The van der Waals surface area contributed by atoms with Crippen molar-refractivity contribution in [3.63, 3.8) is 0 Å². The maximum absolute atomic E-state index is 12.6. The van der Waals surface area contributed by atoms with Crippen LogP contribution >= 0.6 is 0 Å². The van der Waals surface area contributed by atoms with Crippen LogP contribution in [0.2, 0.25) is 0 Å². The molecule has 7 nitrogen and oxygen atoms in total. The number of hydroxylamine groups is 1. The molecule has 2 aromatic carbocycles. The maximum Gasteiger partial charge on any atom is 0.407 e. The molecule has 2 rings (SSSR count). The first-order chi connectivity index (χ1) is 15.5. The van der Waals surface area contributed by atoms with Crippen LogP contribution in [0.4, 0.5) is 4.79 Å². The van der Waals surface area contributed by atoms with E-state index in [-0.39, 0.29) is 25.2 Å². The summed E-state index contributed by atoms with van der Waals surface area (Å²) in [5.41, 5.74) is 4.46. The van der Waals surface area contributed by atoms with Crippen molar-refractivity contribution in [2.45, 2.75) is 64.5 Å². The number of ketones is 1. The molecule has 2 amide bonds. The van der Waals surface area contributed by atoms with E-state index in [9.17, 15) is 14.4 Å². The molecule has 0 aliphatic heterocycles. The summed E-state index contributed by atoms with van der Waals surface area (Å²) in [4.78, 5) is 35.9. The molecule has 0 aliphatic rings. The topological polar surface area (TPSA) is 105 Å². The normalized spacial score (nSPS) is 11.4. The molecule has 0 spiro atoms. The van der Waals surface area contributed by atoms with E-state index in [2.05, 4.69) is 5.32 Å². The number of nitrogens with one attached hydrogen (secondary N) is 2. The summed E-state index contributed by atoms with van der Waals surface area (Å²) < 4.78 is 5.33. The van der Waals surface area contributed by atoms with Gasteiger partial charge >= 0.3 is 6.09 Å². The summed E-state index contributed by atoms with van der Waals surface area (Å²) in [5, 5.41) is 11.3. The number of hydrogen-bond donors (Lipinski definition) is 3. The van der Waals surface area contributed by atoms with Crippen LogP contribution in [0.25, 0.3) is 0 Å². The molecule has 7 heteroatoms. The second kappa shape index (κ2) is 14.0. The van der Waals surface area contributed by atoms with Gasteiger partial charge in [0.15, 0.2) is 0 Å². The Morgan fingerprint density at radius 2 is 1.56 bits per heavy atom. The lowest BCUT2D eigenvalue weighted by molar-refractivity contribution is -0.129. The molecule has 0 saturated carbocycles. The Morgan fingerprint density at radius 1 is 0.906 bits per heavy atom. The predicted molar refractivity (Wildman–Crippen MR) is 121 cm³/mol. The Labute approximate surface area is 189 Å². The zero-order valence-corrected chi connectivity index (χ0v) is 18.5. The monoisotopic (exact) mass is 440 g/mol. The number of ether oxygens (including phenoxy) is 1. The number of benzene rings is 2. The quantitative estimate of drug-likeness (QED) is 0.236. The minimum atomic E-state index is -0.561. The molecule has 0 aromatic heterocycles. The Bertz CT molecular complexity index is 852. The van der Waals surface area contributed by atoms with Gasteiger partial charge in [-0.15, -0.1) is 0 Å². The largest absolute Gasteiger partial charge is 0.445 e. The van der Waals surface area contributed by atoms with E-state index in [1.807, 2.05) is 61.5 Å². The smallest absolute Gasteiger partial charge is 0.407 e. The molecule has 1 unspecified atom stereocenters. The van der Waals surface area contributed by atoms with Crippen LogP contribution in [0, 0.1) is 6.92 Å². The third-order valence-electron chi connectivity index (χ3n) is 5.15. The van der Waals surface area contributed by atoms with Crippen LogP contribution < -0.4 is 10.8 Å². The zero-order valence-electron chi connectivity index (χ0n) is 18.5. The van der Waals surface area contributed by atoms with Crippen LogP contribution in [0.15, 0.2) is 54.6 Å². The second-order valence-electron chi connectivity index (χ2n) is 7.86. The van der Waals surface area contributed by atoms with Gasteiger partial charge in [-0.05, 0) is 30.9 Å². The summed E-state index contributed by atoms with van der Waals surface area (Å²) >= 11 is 0. The molecule has 1 atom stereocenters. The van der Waals surface area contributed by atoms with E-state index in [1.54, 1.807) is 5.48 Å². The summed E-state index contributed by atoms with van der Waals surface area (Å²) in [6.45, 7) is 2.14. The third kappa shape index (κ3) is 9.75. The van der Waals surface area contributed by atoms with E-state index in [4.69, 9.17) is 9.94 Å². The highest BCUT2D eigenvalue weighted by atomic mass is 16.5. The van der Waals surface area contributed by atoms with Gasteiger partial charge in [-0.3, -0.25) is 14.8 Å². The summed E-state index contributed by atoms with van der Waals surface area (Å²) in [6.07, 6.45) is 3.34. The van der Waals surface area contributed by atoms with Gasteiger partial charge < -0.3 is 10.1 Å². The van der Waals surface area contributed by atoms with E-state index < -0.39 is 18.0 Å². The molecule has 172 valence electrons. The highest BCUT2D eigenvalue weighted by molar-refractivity contribution is 5.80. The minimum absolute atomic E-state index is 0.0621. The van der Waals surface area contributed by atoms with Crippen molar-refractivity contribution in [1.29, 1.82) is 0 Å². The van der Waals surface area contributed by atoms with E-state index in [1.165, 1.54) is 0 Å². The van der Waals surface area contributed by atoms with Gasteiger partial charge in [0.25, 0.3) is 0 Å². The molecule has 2 aromatic rings. The van der Waals surface area contributed by atoms with E-state index in [0.29, 0.717) is 12.8 Å². The van der Waals surface area contributed by atoms with Crippen molar-refractivity contribution in [2.75, 3.05) is 0 Å². The predicted octanol–water partition coefficient (Wildman–Crippen LogP) is 4.77. The molecule has 32 heavy (non-hydrogen) atoms. The highest BCUT2D eigenvalue weighted by Crippen LogP contribution is 2.20. The SMILES string of the molecule is Cc1ccc(C(CC(=O)CCCCCCC(=O)NO)NC(=O)OCc2ccccc2)cc1. The number of unbranched alkanes of at least 4 members (excludes halogenated alkanes) is 3. The third-order valence-corrected chi connectivity index (χ3v) is 5.15. The first kappa shape index (κ1) is 25.1. The van der Waals surface area contributed by atoms with Gasteiger partial charge in [0.2, 0.25) is 5.91 Å². The number of aryl methyl sites for hydroxylation is 1. The standard InChI is InChI=1S/C25H32N2O5/c1-19-13-15-21(16-14-19)23(26-25(30)32-18-20-9-5-4-6-10-20)17-22(28)11-7-2-3-8-12-24(29)27-31/h4-6,9-10,13-16,23,31H,2-3,7-8,11-12,17-18H2,1H3,(H,26,30)(H,27,29). The molecule has 3 N–H and O–H groups in total. The first-order valence-electron chi connectivity index (χ1n) is 11.0. The Kier molecular flexibility index (Phi) is 11.0. The fourth-order valence-electron chi connectivity index (χ4n) is 3.30.